The molecule has 1 heterocycles. The summed E-state index contributed by atoms with van der Waals surface area (Å²) in [4.78, 5) is 9.52. The summed E-state index contributed by atoms with van der Waals surface area (Å²) in [7, 11) is 1.85. The Bertz CT molecular complexity index is 568. The first-order valence-corrected chi connectivity index (χ1v) is 10.4. The van der Waals surface area contributed by atoms with Gasteiger partial charge >= 0.3 is 0 Å². The second-order valence-electron chi connectivity index (χ2n) is 8.40. The lowest BCUT2D eigenvalue weighted by atomic mass is 9.85. The van der Waals surface area contributed by atoms with Gasteiger partial charge in [-0.05, 0) is 18.0 Å². The average molecular weight is 502 g/mol. The van der Waals surface area contributed by atoms with Crippen molar-refractivity contribution in [1.29, 1.82) is 0 Å². The topological polar surface area (TPSA) is 42.9 Å². The normalized spacial score (nSPS) is 17.7. The molecule has 1 unspecified atom stereocenters. The minimum absolute atomic E-state index is 0. The molecule has 28 heavy (non-hydrogen) atoms. The van der Waals surface area contributed by atoms with Gasteiger partial charge in [0.1, 0.15) is 0 Å². The molecule has 0 aromatic heterocycles. The lowest BCUT2D eigenvalue weighted by Gasteiger charge is -2.35. The lowest BCUT2D eigenvalue weighted by molar-refractivity contribution is 0.124. The van der Waals surface area contributed by atoms with Gasteiger partial charge in [0.15, 0.2) is 5.96 Å². The van der Waals surface area contributed by atoms with E-state index in [0.29, 0.717) is 5.92 Å². The molecule has 1 saturated heterocycles. The largest absolute Gasteiger partial charge is 0.356 e. The molecule has 1 aromatic carbocycles. The zero-order chi connectivity index (χ0) is 19.7. The number of hydrogen-bond acceptors (Lipinski definition) is 3. The molecule has 2 N–H and O–H groups in total. The van der Waals surface area contributed by atoms with Crippen LogP contribution in [0, 0.1) is 5.92 Å². The third-order valence-electron chi connectivity index (χ3n) is 5.58. The van der Waals surface area contributed by atoms with Crippen LogP contribution in [-0.2, 0) is 5.41 Å². The van der Waals surface area contributed by atoms with E-state index in [9.17, 15) is 0 Å². The number of nitrogens with one attached hydrogen (secondary N) is 2. The van der Waals surface area contributed by atoms with E-state index in [0.717, 1.165) is 25.6 Å². The maximum Gasteiger partial charge on any atom is 0.191 e. The molecule has 2 rings (SSSR count). The molecule has 1 aliphatic heterocycles. The number of likely N-dealkylation sites (N-methyl/N-ethyl adjacent to an activating group) is 1. The maximum absolute atomic E-state index is 4.40. The molecular weight excluding hydrogens is 461 g/mol. The SMILES string of the molecule is CCN1CCN(CC(C)CNC(=NC)NCC(C)(C)c2ccccc2)CC1.I. The van der Waals surface area contributed by atoms with Gasteiger partial charge in [0.2, 0.25) is 0 Å². The molecule has 1 aromatic rings. The smallest absolute Gasteiger partial charge is 0.191 e. The van der Waals surface area contributed by atoms with E-state index in [1.54, 1.807) is 0 Å². The van der Waals surface area contributed by atoms with Gasteiger partial charge in [-0.25, -0.2) is 0 Å². The van der Waals surface area contributed by atoms with Crippen LogP contribution in [0.15, 0.2) is 35.3 Å². The van der Waals surface area contributed by atoms with Crippen LogP contribution < -0.4 is 10.6 Å². The van der Waals surface area contributed by atoms with Crippen molar-refractivity contribution in [2.75, 3.05) is 59.4 Å². The molecule has 0 amide bonds. The predicted octanol–water partition coefficient (Wildman–Crippen LogP) is 3.02. The van der Waals surface area contributed by atoms with Crippen molar-refractivity contribution < 1.29 is 0 Å². The molecule has 160 valence electrons. The van der Waals surface area contributed by atoms with Crippen LogP contribution in [0.4, 0.5) is 0 Å². The van der Waals surface area contributed by atoms with Gasteiger partial charge < -0.3 is 20.4 Å². The highest BCUT2D eigenvalue weighted by atomic mass is 127. The minimum Gasteiger partial charge on any atom is -0.356 e. The summed E-state index contributed by atoms with van der Waals surface area (Å²) in [5.74, 6) is 1.49. The number of piperazine rings is 1. The Morgan fingerprint density at radius 3 is 2.25 bits per heavy atom. The first-order valence-electron chi connectivity index (χ1n) is 10.4. The van der Waals surface area contributed by atoms with E-state index in [4.69, 9.17) is 0 Å². The number of aliphatic imine (C=N–C) groups is 1. The second-order valence-corrected chi connectivity index (χ2v) is 8.40. The van der Waals surface area contributed by atoms with Gasteiger partial charge in [0, 0.05) is 58.3 Å². The summed E-state index contributed by atoms with van der Waals surface area (Å²) in [6.07, 6.45) is 0. The monoisotopic (exact) mass is 501 g/mol. The highest BCUT2D eigenvalue weighted by Crippen LogP contribution is 2.21. The maximum atomic E-state index is 4.40. The van der Waals surface area contributed by atoms with Crippen molar-refractivity contribution in [2.45, 2.75) is 33.1 Å². The number of halogens is 1. The Balaban J connectivity index is 0.00000392. The fraction of sp³-hybridized carbons (Fsp3) is 0.682. The van der Waals surface area contributed by atoms with Gasteiger partial charge in [-0.15, -0.1) is 24.0 Å². The molecular formula is C22H40IN5. The Morgan fingerprint density at radius 1 is 1.07 bits per heavy atom. The van der Waals surface area contributed by atoms with Crippen molar-refractivity contribution in [1.82, 2.24) is 20.4 Å². The van der Waals surface area contributed by atoms with Crippen molar-refractivity contribution in [3.63, 3.8) is 0 Å². The van der Waals surface area contributed by atoms with Crippen molar-refractivity contribution in [2.24, 2.45) is 10.9 Å². The minimum atomic E-state index is 0. The number of nitrogens with zero attached hydrogens (tertiary/aromatic N) is 3. The number of guanidine groups is 1. The van der Waals surface area contributed by atoms with Crippen molar-refractivity contribution in [3.8, 4) is 0 Å². The first kappa shape index (κ1) is 25.2. The first-order chi connectivity index (χ1) is 12.9. The molecule has 6 heteroatoms. The molecule has 1 atom stereocenters. The molecule has 5 nitrogen and oxygen atoms in total. The summed E-state index contributed by atoms with van der Waals surface area (Å²) in [5.41, 5.74) is 1.40. The molecule has 0 radical (unpaired) electrons. The van der Waals surface area contributed by atoms with Crippen LogP contribution >= 0.6 is 24.0 Å². The van der Waals surface area contributed by atoms with Crippen LogP contribution in [0.1, 0.15) is 33.3 Å². The summed E-state index contributed by atoms with van der Waals surface area (Å²) < 4.78 is 0. The van der Waals surface area contributed by atoms with Gasteiger partial charge in [0.05, 0.1) is 0 Å². The van der Waals surface area contributed by atoms with E-state index in [1.807, 2.05) is 7.05 Å². The second kappa shape index (κ2) is 12.6. The fourth-order valence-electron chi connectivity index (χ4n) is 3.58. The van der Waals surface area contributed by atoms with Gasteiger partial charge in [-0.1, -0.05) is 58.0 Å². The van der Waals surface area contributed by atoms with Crippen LogP contribution in [0.5, 0.6) is 0 Å². The third kappa shape index (κ3) is 8.25. The molecule has 0 saturated carbocycles. The van der Waals surface area contributed by atoms with Crippen LogP contribution in [0.2, 0.25) is 0 Å². The highest BCUT2D eigenvalue weighted by Gasteiger charge is 2.21. The summed E-state index contributed by atoms with van der Waals surface area (Å²) in [6, 6.07) is 10.7. The number of rotatable bonds is 8. The number of hydrogen-bond donors (Lipinski definition) is 2. The zero-order valence-corrected chi connectivity index (χ0v) is 20.7. The molecule has 1 fully saturated rings. The van der Waals surface area contributed by atoms with Crippen molar-refractivity contribution in [3.05, 3.63) is 35.9 Å². The summed E-state index contributed by atoms with van der Waals surface area (Å²) >= 11 is 0. The van der Waals surface area contributed by atoms with Gasteiger partial charge in [-0.3, -0.25) is 4.99 Å². The summed E-state index contributed by atoms with van der Waals surface area (Å²) in [6.45, 7) is 18.0. The van der Waals surface area contributed by atoms with Crippen molar-refractivity contribution >= 4 is 29.9 Å². The third-order valence-corrected chi connectivity index (χ3v) is 5.58. The van der Waals surface area contributed by atoms with E-state index in [2.05, 4.69) is 83.5 Å². The Hall–Kier alpha value is -0.860. The van der Waals surface area contributed by atoms with Crippen LogP contribution in [0.3, 0.4) is 0 Å². The molecule has 0 bridgehead atoms. The van der Waals surface area contributed by atoms with Gasteiger partial charge in [-0.2, -0.15) is 0 Å². The summed E-state index contributed by atoms with van der Waals surface area (Å²) in [5, 5.41) is 7.00. The Kier molecular flexibility index (Phi) is 11.4. The van der Waals surface area contributed by atoms with E-state index in [1.165, 1.54) is 38.3 Å². The standard InChI is InChI=1S/C22H39N5.HI/c1-6-26-12-14-27(15-13-26)17-19(2)16-24-21(23-5)25-18-22(3,4)20-10-8-7-9-11-20;/h7-11,19H,6,12-18H2,1-5H3,(H2,23,24,25);1H. The quantitative estimate of drug-likeness (QED) is 0.327. The van der Waals surface area contributed by atoms with Gasteiger partial charge in [0.25, 0.3) is 0 Å². The fourth-order valence-corrected chi connectivity index (χ4v) is 3.58. The molecule has 0 aliphatic carbocycles. The lowest BCUT2D eigenvalue weighted by Crippen LogP contribution is -2.49. The number of benzene rings is 1. The van der Waals surface area contributed by atoms with E-state index >= 15 is 0 Å². The van der Waals surface area contributed by atoms with Crippen LogP contribution in [0.25, 0.3) is 0 Å². The van der Waals surface area contributed by atoms with E-state index in [-0.39, 0.29) is 29.4 Å². The zero-order valence-electron chi connectivity index (χ0n) is 18.4. The molecule has 1 aliphatic rings. The van der Waals surface area contributed by atoms with Crippen LogP contribution in [-0.4, -0.2) is 75.2 Å². The van der Waals surface area contributed by atoms with E-state index < -0.39 is 0 Å². The Morgan fingerprint density at radius 2 is 1.68 bits per heavy atom. The highest BCUT2D eigenvalue weighted by molar-refractivity contribution is 14.0. The Labute approximate surface area is 189 Å². The molecule has 0 spiro atoms. The average Bonchev–Trinajstić information content (AvgIpc) is 2.69. The predicted molar refractivity (Wildman–Crippen MR) is 132 cm³/mol.